The highest BCUT2D eigenvalue weighted by Gasteiger charge is 2.29. The first kappa shape index (κ1) is 16.5. The van der Waals surface area contributed by atoms with Crippen molar-refractivity contribution < 1.29 is 13.2 Å². The number of hydrogen-bond donors (Lipinski definition) is 1. The van der Waals surface area contributed by atoms with Crippen molar-refractivity contribution in [2.24, 2.45) is 5.92 Å². The van der Waals surface area contributed by atoms with Gasteiger partial charge in [0.2, 0.25) is 5.91 Å². The molecule has 1 aromatic rings. The van der Waals surface area contributed by atoms with Gasteiger partial charge in [0.05, 0.1) is 17.5 Å². The van der Waals surface area contributed by atoms with Gasteiger partial charge in [0, 0.05) is 19.6 Å². The third kappa shape index (κ3) is 3.93. The molecule has 6 heteroatoms. The molecule has 1 amide bonds. The fraction of sp³-hybridized carbons (Fsp3) is 0.588. The molecule has 0 aliphatic carbocycles. The van der Waals surface area contributed by atoms with E-state index < -0.39 is 9.84 Å². The van der Waals surface area contributed by atoms with Crippen molar-refractivity contribution in [3.63, 3.8) is 0 Å². The lowest BCUT2D eigenvalue weighted by atomic mass is 9.98. The maximum absolute atomic E-state index is 12.4. The molecule has 2 aliphatic rings. The van der Waals surface area contributed by atoms with Crippen molar-refractivity contribution in [3.05, 3.63) is 35.4 Å². The average molecular weight is 336 g/mol. The van der Waals surface area contributed by atoms with Gasteiger partial charge < -0.3 is 5.32 Å². The van der Waals surface area contributed by atoms with Crippen molar-refractivity contribution in [1.29, 1.82) is 0 Å². The Labute approximate surface area is 138 Å². The first-order chi connectivity index (χ1) is 10.9. The molecule has 5 nitrogen and oxygen atoms in total. The zero-order valence-electron chi connectivity index (χ0n) is 13.5. The van der Waals surface area contributed by atoms with Gasteiger partial charge in [-0.3, -0.25) is 9.69 Å². The molecule has 2 aliphatic heterocycles. The Balaban J connectivity index is 1.52. The number of sulfone groups is 1. The first-order valence-electron chi connectivity index (χ1n) is 8.23. The Kier molecular flexibility index (Phi) is 4.73. The van der Waals surface area contributed by atoms with Gasteiger partial charge in [-0.2, -0.15) is 0 Å². The molecule has 1 aromatic carbocycles. The van der Waals surface area contributed by atoms with Gasteiger partial charge in [-0.15, -0.1) is 0 Å². The lowest BCUT2D eigenvalue weighted by Crippen LogP contribution is -2.48. The van der Waals surface area contributed by atoms with Gasteiger partial charge in [0.25, 0.3) is 0 Å². The number of fused-ring (bicyclic) bond motifs is 1. The molecule has 2 heterocycles. The van der Waals surface area contributed by atoms with E-state index >= 15 is 0 Å². The summed E-state index contributed by atoms with van der Waals surface area (Å²) >= 11 is 0. The first-order valence-corrected chi connectivity index (χ1v) is 10.1. The maximum atomic E-state index is 12.4. The zero-order valence-corrected chi connectivity index (χ0v) is 14.3. The predicted molar refractivity (Wildman–Crippen MR) is 89.8 cm³/mol. The largest absolute Gasteiger partial charge is 0.354 e. The van der Waals surface area contributed by atoms with E-state index in [1.807, 2.05) is 13.0 Å². The number of amides is 1. The van der Waals surface area contributed by atoms with Crippen LogP contribution in [0.25, 0.3) is 0 Å². The Morgan fingerprint density at radius 2 is 2.09 bits per heavy atom. The number of rotatable bonds is 4. The minimum atomic E-state index is -2.88. The van der Waals surface area contributed by atoms with Crippen LogP contribution in [0.2, 0.25) is 0 Å². The number of nitrogens with zero attached hydrogens (tertiary/aromatic N) is 1. The number of carbonyl (C=O) groups is 1. The van der Waals surface area contributed by atoms with E-state index in [-0.39, 0.29) is 29.4 Å². The minimum absolute atomic E-state index is 0.00585. The molecule has 2 atom stereocenters. The van der Waals surface area contributed by atoms with Crippen LogP contribution in [0.3, 0.4) is 0 Å². The smallest absolute Gasteiger partial charge is 0.237 e. The van der Waals surface area contributed by atoms with Crippen LogP contribution in [0.15, 0.2) is 24.3 Å². The van der Waals surface area contributed by atoms with Gasteiger partial charge in [-0.25, -0.2) is 8.42 Å². The molecule has 1 saturated heterocycles. The van der Waals surface area contributed by atoms with Crippen LogP contribution < -0.4 is 5.32 Å². The van der Waals surface area contributed by atoms with Crippen LogP contribution in [-0.4, -0.2) is 49.9 Å². The van der Waals surface area contributed by atoms with E-state index in [1.165, 1.54) is 11.1 Å². The van der Waals surface area contributed by atoms with Crippen LogP contribution in [0.5, 0.6) is 0 Å². The van der Waals surface area contributed by atoms with E-state index in [0.29, 0.717) is 13.0 Å². The van der Waals surface area contributed by atoms with E-state index in [2.05, 4.69) is 28.4 Å². The summed E-state index contributed by atoms with van der Waals surface area (Å²) in [6, 6.07) is 8.17. The van der Waals surface area contributed by atoms with Crippen molar-refractivity contribution in [2.45, 2.75) is 32.4 Å². The molecule has 0 spiro atoms. The topological polar surface area (TPSA) is 66.5 Å². The van der Waals surface area contributed by atoms with E-state index in [0.717, 1.165) is 19.5 Å². The number of nitrogens with one attached hydrogen (secondary N) is 1. The normalized spacial score (nSPS) is 24.8. The van der Waals surface area contributed by atoms with Crippen molar-refractivity contribution in [2.75, 3.05) is 24.6 Å². The number of carbonyl (C=O) groups excluding carboxylic acids is 1. The quantitative estimate of drug-likeness (QED) is 0.890. The van der Waals surface area contributed by atoms with Gasteiger partial charge in [0.15, 0.2) is 9.84 Å². The second-order valence-electron chi connectivity index (χ2n) is 6.68. The molecule has 0 aromatic heterocycles. The predicted octanol–water partition coefficient (Wildman–Crippen LogP) is 0.984. The molecule has 1 N–H and O–H groups in total. The monoisotopic (exact) mass is 336 g/mol. The number of hydrogen-bond acceptors (Lipinski definition) is 4. The van der Waals surface area contributed by atoms with Crippen LogP contribution in [-0.2, 0) is 27.6 Å². The van der Waals surface area contributed by atoms with Crippen molar-refractivity contribution in [1.82, 2.24) is 10.2 Å². The van der Waals surface area contributed by atoms with E-state index in [1.54, 1.807) is 0 Å². The molecule has 3 rings (SSSR count). The SMILES string of the molecule is C[C@@H](C(=O)NC[C@@H]1CCS(=O)(=O)C1)N1CCc2ccccc2C1. The highest BCUT2D eigenvalue weighted by Crippen LogP contribution is 2.21. The summed E-state index contributed by atoms with van der Waals surface area (Å²) in [7, 11) is -2.88. The lowest BCUT2D eigenvalue weighted by Gasteiger charge is -2.33. The fourth-order valence-electron chi connectivity index (χ4n) is 3.44. The zero-order chi connectivity index (χ0) is 16.4. The molecule has 126 valence electrons. The van der Waals surface area contributed by atoms with Gasteiger partial charge >= 0.3 is 0 Å². The van der Waals surface area contributed by atoms with Crippen LogP contribution in [0.4, 0.5) is 0 Å². The highest BCUT2D eigenvalue weighted by atomic mass is 32.2. The molecular formula is C17H24N2O3S. The summed E-state index contributed by atoms with van der Waals surface area (Å²) in [5.41, 5.74) is 2.66. The summed E-state index contributed by atoms with van der Waals surface area (Å²) in [4.78, 5) is 14.6. The van der Waals surface area contributed by atoms with Gasteiger partial charge in [-0.1, -0.05) is 24.3 Å². The van der Waals surface area contributed by atoms with E-state index in [9.17, 15) is 13.2 Å². The third-order valence-electron chi connectivity index (χ3n) is 4.98. The third-order valence-corrected chi connectivity index (χ3v) is 6.82. The molecule has 23 heavy (non-hydrogen) atoms. The fourth-order valence-corrected chi connectivity index (χ4v) is 5.30. The molecule has 0 saturated carbocycles. The summed E-state index contributed by atoms with van der Waals surface area (Å²) in [5.74, 6) is 0.525. The van der Waals surface area contributed by atoms with E-state index in [4.69, 9.17) is 0 Å². The molecule has 0 unspecified atom stereocenters. The Bertz CT molecular complexity index is 687. The average Bonchev–Trinajstić information content (AvgIpc) is 2.90. The Hall–Kier alpha value is -1.40. The standard InChI is InChI=1S/C17H24N2O3S/c1-13(17(20)18-10-14-7-9-23(21,22)12-14)19-8-6-15-4-2-3-5-16(15)11-19/h2-5,13-14H,6-12H2,1H3,(H,18,20)/t13-,14-/m0/s1. The molecule has 0 bridgehead atoms. The summed E-state index contributed by atoms with van der Waals surface area (Å²) in [6.45, 7) is 4.06. The summed E-state index contributed by atoms with van der Waals surface area (Å²) in [5, 5.41) is 2.94. The van der Waals surface area contributed by atoms with Crippen LogP contribution in [0, 0.1) is 5.92 Å². The van der Waals surface area contributed by atoms with Gasteiger partial charge in [-0.05, 0) is 36.8 Å². The Morgan fingerprint density at radius 1 is 1.35 bits per heavy atom. The second kappa shape index (κ2) is 6.61. The second-order valence-corrected chi connectivity index (χ2v) is 8.91. The molecule has 0 radical (unpaired) electrons. The van der Waals surface area contributed by atoms with Crippen LogP contribution >= 0.6 is 0 Å². The molecule has 1 fully saturated rings. The number of benzene rings is 1. The van der Waals surface area contributed by atoms with Crippen molar-refractivity contribution >= 4 is 15.7 Å². The Morgan fingerprint density at radius 3 is 2.78 bits per heavy atom. The van der Waals surface area contributed by atoms with Crippen molar-refractivity contribution in [3.8, 4) is 0 Å². The lowest BCUT2D eigenvalue weighted by molar-refractivity contribution is -0.126. The minimum Gasteiger partial charge on any atom is -0.354 e. The van der Waals surface area contributed by atoms with Gasteiger partial charge in [0.1, 0.15) is 0 Å². The highest BCUT2D eigenvalue weighted by molar-refractivity contribution is 7.91. The molecular weight excluding hydrogens is 312 g/mol. The maximum Gasteiger partial charge on any atom is 0.237 e. The summed E-state index contributed by atoms with van der Waals surface area (Å²) < 4.78 is 22.9. The summed E-state index contributed by atoms with van der Waals surface area (Å²) in [6.07, 6.45) is 1.63. The van der Waals surface area contributed by atoms with Crippen LogP contribution in [0.1, 0.15) is 24.5 Å².